The molecule has 1 aromatic heterocycles. The van der Waals surface area contributed by atoms with Crippen LogP contribution in [0.2, 0.25) is 0 Å². The first-order valence-corrected chi connectivity index (χ1v) is 3.19. The number of aromatic nitrogens is 1. The molecule has 2 rings (SSSR count). The number of rotatable bonds is 0. The zero-order valence-electron chi connectivity index (χ0n) is 5.72. The summed E-state index contributed by atoms with van der Waals surface area (Å²) in [7, 11) is 0. The lowest BCUT2D eigenvalue weighted by molar-refractivity contribution is 0.372. The molecule has 0 aliphatic carbocycles. The molecule has 1 N–H and O–H groups in total. The lowest BCUT2D eigenvalue weighted by Crippen LogP contribution is -1.96. The van der Waals surface area contributed by atoms with E-state index in [1.165, 1.54) is 0 Å². The molecule has 10 heavy (non-hydrogen) atoms. The van der Waals surface area contributed by atoms with Crippen molar-refractivity contribution in [3.63, 3.8) is 0 Å². The maximum atomic E-state index is 5.23. The van der Waals surface area contributed by atoms with Crippen molar-refractivity contribution >= 4 is 5.69 Å². The molecule has 0 fully saturated rings. The average molecular weight is 136 g/mol. The summed E-state index contributed by atoms with van der Waals surface area (Å²) in [4.78, 5) is 4.11. The van der Waals surface area contributed by atoms with Gasteiger partial charge in [0, 0.05) is 11.8 Å². The number of fused-ring (bicyclic) bond motifs is 1. The minimum atomic E-state index is 0.570. The zero-order chi connectivity index (χ0) is 6.97. The summed E-state index contributed by atoms with van der Waals surface area (Å²) in [6.07, 6.45) is 1.79. The number of nitrogens with one attached hydrogen (secondary N) is 1. The smallest absolute Gasteiger partial charge is 0.159 e. The quantitative estimate of drug-likeness (QED) is 0.581. The molecule has 0 unspecified atom stereocenters. The summed E-state index contributed by atoms with van der Waals surface area (Å²) < 4.78 is 5.23. The second kappa shape index (κ2) is 1.87. The van der Waals surface area contributed by atoms with Gasteiger partial charge in [0.15, 0.2) is 6.73 Å². The van der Waals surface area contributed by atoms with Crippen molar-refractivity contribution in [1.29, 1.82) is 0 Å². The van der Waals surface area contributed by atoms with E-state index in [-0.39, 0.29) is 0 Å². The Kier molecular flexibility index (Phi) is 1.03. The second-order valence-electron chi connectivity index (χ2n) is 2.29. The van der Waals surface area contributed by atoms with E-state index in [1.807, 2.05) is 13.0 Å². The Hall–Kier alpha value is -1.25. The van der Waals surface area contributed by atoms with Crippen LogP contribution in [0.5, 0.6) is 5.75 Å². The standard InChI is InChI=1S/C7H8N2O/c1-5-2-7-6(3-8-5)9-4-10-7/h2-3,9H,4H2,1H3. The van der Waals surface area contributed by atoms with Crippen LogP contribution in [0, 0.1) is 6.92 Å². The number of ether oxygens (including phenoxy) is 1. The summed E-state index contributed by atoms with van der Waals surface area (Å²) in [5.74, 6) is 0.910. The molecule has 0 radical (unpaired) electrons. The predicted octanol–water partition coefficient (Wildman–Crippen LogP) is 1.15. The largest absolute Gasteiger partial charge is 0.471 e. The van der Waals surface area contributed by atoms with Gasteiger partial charge in [-0.3, -0.25) is 4.98 Å². The van der Waals surface area contributed by atoms with Crippen molar-refractivity contribution in [3.8, 4) is 5.75 Å². The monoisotopic (exact) mass is 136 g/mol. The van der Waals surface area contributed by atoms with Crippen LogP contribution in [0.3, 0.4) is 0 Å². The third-order valence-electron chi connectivity index (χ3n) is 1.49. The van der Waals surface area contributed by atoms with Gasteiger partial charge in [-0.1, -0.05) is 0 Å². The molecule has 0 saturated carbocycles. The molecule has 1 aliphatic rings. The highest BCUT2D eigenvalue weighted by Crippen LogP contribution is 2.27. The molecule has 2 heterocycles. The predicted molar refractivity (Wildman–Crippen MR) is 38.1 cm³/mol. The third kappa shape index (κ3) is 0.708. The first-order valence-electron chi connectivity index (χ1n) is 3.19. The first-order chi connectivity index (χ1) is 4.86. The van der Waals surface area contributed by atoms with Crippen LogP contribution in [-0.4, -0.2) is 11.7 Å². The topological polar surface area (TPSA) is 34.2 Å². The fraction of sp³-hybridized carbons (Fsp3) is 0.286. The van der Waals surface area contributed by atoms with Crippen LogP contribution in [-0.2, 0) is 0 Å². The van der Waals surface area contributed by atoms with Crippen LogP contribution in [0.1, 0.15) is 5.69 Å². The Labute approximate surface area is 59.0 Å². The Bertz CT molecular complexity index is 260. The number of pyridine rings is 1. The van der Waals surface area contributed by atoms with Gasteiger partial charge in [0.2, 0.25) is 0 Å². The van der Waals surface area contributed by atoms with Crippen LogP contribution < -0.4 is 10.1 Å². The Balaban J connectivity index is 2.52. The fourth-order valence-corrected chi connectivity index (χ4v) is 0.978. The van der Waals surface area contributed by atoms with Crippen LogP contribution in [0.15, 0.2) is 12.3 Å². The normalized spacial score (nSPS) is 13.7. The summed E-state index contributed by atoms with van der Waals surface area (Å²) in [6, 6.07) is 1.93. The maximum Gasteiger partial charge on any atom is 0.159 e. The molecule has 0 spiro atoms. The molecular weight excluding hydrogens is 128 g/mol. The fourth-order valence-electron chi connectivity index (χ4n) is 0.978. The van der Waals surface area contributed by atoms with Gasteiger partial charge in [0.1, 0.15) is 5.75 Å². The minimum absolute atomic E-state index is 0.570. The second-order valence-corrected chi connectivity index (χ2v) is 2.29. The Morgan fingerprint density at radius 1 is 1.70 bits per heavy atom. The zero-order valence-corrected chi connectivity index (χ0v) is 5.72. The van der Waals surface area contributed by atoms with Crippen LogP contribution >= 0.6 is 0 Å². The highest BCUT2D eigenvalue weighted by molar-refractivity contribution is 5.57. The summed E-state index contributed by atoms with van der Waals surface area (Å²) >= 11 is 0. The molecule has 0 amide bonds. The van der Waals surface area contributed by atoms with Crippen molar-refractivity contribution in [1.82, 2.24) is 4.98 Å². The number of nitrogens with zero attached hydrogens (tertiary/aromatic N) is 1. The van der Waals surface area contributed by atoms with Gasteiger partial charge in [-0.05, 0) is 6.92 Å². The van der Waals surface area contributed by atoms with E-state index in [1.54, 1.807) is 6.20 Å². The number of anilines is 1. The van der Waals surface area contributed by atoms with E-state index < -0.39 is 0 Å². The van der Waals surface area contributed by atoms with Crippen molar-refractivity contribution < 1.29 is 4.74 Å². The van der Waals surface area contributed by atoms with E-state index in [2.05, 4.69) is 10.3 Å². The van der Waals surface area contributed by atoms with Gasteiger partial charge in [0.25, 0.3) is 0 Å². The molecule has 1 aliphatic heterocycles. The molecular formula is C7H8N2O. The summed E-state index contributed by atoms with van der Waals surface area (Å²) in [6.45, 7) is 2.52. The third-order valence-corrected chi connectivity index (χ3v) is 1.49. The number of hydrogen-bond donors (Lipinski definition) is 1. The van der Waals surface area contributed by atoms with E-state index >= 15 is 0 Å². The number of aryl methyl sites for hydroxylation is 1. The highest BCUT2D eigenvalue weighted by Gasteiger charge is 2.09. The highest BCUT2D eigenvalue weighted by atomic mass is 16.5. The first kappa shape index (κ1) is 5.53. The van der Waals surface area contributed by atoms with Gasteiger partial charge < -0.3 is 10.1 Å². The Morgan fingerprint density at radius 2 is 2.60 bits per heavy atom. The van der Waals surface area contributed by atoms with E-state index in [0.717, 1.165) is 17.1 Å². The van der Waals surface area contributed by atoms with Crippen molar-refractivity contribution in [2.75, 3.05) is 12.0 Å². The minimum Gasteiger partial charge on any atom is -0.471 e. The molecule has 0 atom stereocenters. The molecule has 0 bridgehead atoms. The molecule has 1 aromatic rings. The summed E-state index contributed by atoms with van der Waals surface area (Å²) in [5, 5.41) is 3.04. The lowest BCUT2D eigenvalue weighted by Gasteiger charge is -1.95. The van der Waals surface area contributed by atoms with Gasteiger partial charge >= 0.3 is 0 Å². The Morgan fingerprint density at radius 3 is 3.50 bits per heavy atom. The van der Waals surface area contributed by atoms with Gasteiger partial charge in [-0.15, -0.1) is 0 Å². The van der Waals surface area contributed by atoms with Gasteiger partial charge in [-0.25, -0.2) is 0 Å². The molecule has 0 aromatic carbocycles. The van der Waals surface area contributed by atoms with Gasteiger partial charge in [0.05, 0.1) is 11.9 Å². The molecule has 52 valence electrons. The SMILES string of the molecule is Cc1cc2c(cn1)NCO2. The van der Waals surface area contributed by atoms with Crippen molar-refractivity contribution in [2.45, 2.75) is 6.92 Å². The van der Waals surface area contributed by atoms with Crippen molar-refractivity contribution in [3.05, 3.63) is 18.0 Å². The average Bonchev–Trinajstić information content (AvgIpc) is 2.33. The number of hydrogen-bond acceptors (Lipinski definition) is 3. The van der Waals surface area contributed by atoms with E-state index in [9.17, 15) is 0 Å². The van der Waals surface area contributed by atoms with E-state index in [4.69, 9.17) is 4.74 Å². The van der Waals surface area contributed by atoms with Gasteiger partial charge in [-0.2, -0.15) is 0 Å². The van der Waals surface area contributed by atoms with Crippen LogP contribution in [0.25, 0.3) is 0 Å². The molecule has 3 nitrogen and oxygen atoms in total. The molecule has 3 heteroatoms. The van der Waals surface area contributed by atoms with E-state index in [0.29, 0.717) is 6.73 Å². The van der Waals surface area contributed by atoms with Crippen molar-refractivity contribution in [2.24, 2.45) is 0 Å². The maximum absolute atomic E-state index is 5.23. The van der Waals surface area contributed by atoms with Crippen LogP contribution in [0.4, 0.5) is 5.69 Å². The summed E-state index contributed by atoms with van der Waals surface area (Å²) in [5.41, 5.74) is 1.98. The molecule has 0 saturated heterocycles. The lowest BCUT2D eigenvalue weighted by atomic mass is 10.3.